The first-order valence-corrected chi connectivity index (χ1v) is 26.7. The van der Waals surface area contributed by atoms with Gasteiger partial charge < -0.3 is 4.90 Å². The lowest BCUT2D eigenvalue weighted by Crippen LogP contribution is -2.57. The van der Waals surface area contributed by atoms with E-state index in [1.807, 2.05) is 44.5 Å². The van der Waals surface area contributed by atoms with Gasteiger partial charge in [-0.25, -0.2) is 4.57 Å². The third kappa shape index (κ3) is 1.38. The highest BCUT2D eigenvalue weighted by Gasteiger charge is 2.80. The first-order chi connectivity index (χ1) is 34.8. The van der Waals surface area contributed by atoms with Gasteiger partial charge in [0.2, 0.25) is 0 Å². The average Bonchev–Trinajstić information content (AvgIpc) is 4.39. The predicted molar refractivity (Wildman–Crippen MR) is 288 cm³/mol. The van der Waals surface area contributed by atoms with Crippen molar-refractivity contribution < 1.29 is 4.57 Å². The van der Waals surface area contributed by atoms with Gasteiger partial charge in [-0.2, -0.15) is 0 Å². The van der Waals surface area contributed by atoms with Crippen LogP contribution in [-0.4, -0.2) is 13.1 Å². The summed E-state index contributed by atoms with van der Waals surface area (Å²) in [6.07, 6.45) is 4.68. The minimum absolute atomic E-state index is 0.0337. The summed E-state index contributed by atoms with van der Waals surface area (Å²) in [5, 5.41) is 79.2. The van der Waals surface area contributed by atoms with Crippen LogP contribution in [0, 0.1) is 0 Å². The molecule has 296 valence electrons. The fourth-order valence-corrected chi connectivity index (χ4v) is 27.1. The average molecular weight is 860 g/mol. The van der Waals surface area contributed by atoms with E-state index in [2.05, 4.69) is 41.0 Å². The monoisotopic (exact) mass is 859 g/mol. The molecule has 9 aliphatic rings. The molecule has 1 aromatic heterocycles. The Morgan fingerprint density at radius 2 is 0.643 bits per heavy atom. The van der Waals surface area contributed by atoms with Gasteiger partial charge in [0.1, 0.15) is 7.05 Å². The van der Waals surface area contributed by atoms with Crippen molar-refractivity contribution in [2.75, 3.05) is 18.0 Å². The van der Waals surface area contributed by atoms with Gasteiger partial charge in [0, 0.05) is 65.4 Å². The number of nitrogens with zero attached hydrogens (tertiary/aromatic N) is 2. The highest BCUT2D eigenvalue weighted by atomic mass is 15.2. The first-order valence-electron chi connectivity index (χ1n) is 26.7. The van der Waals surface area contributed by atoms with Gasteiger partial charge in [-0.15, -0.1) is 0 Å². The topological polar surface area (TPSA) is 7.12 Å². The molecule has 0 radical (unpaired) electrons. The molecule has 2 nitrogen and oxygen atoms in total. The summed E-state index contributed by atoms with van der Waals surface area (Å²) < 4.78 is 2.26. The fraction of sp³-hybridized carbons (Fsp3) is 0.132. The van der Waals surface area contributed by atoms with E-state index in [4.69, 9.17) is 0 Å². The van der Waals surface area contributed by atoms with Gasteiger partial charge in [-0.1, -0.05) is 0 Å². The van der Waals surface area contributed by atoms with Crippen LogP contribution < -0.4 is 9.47 Å². The molecule has 1 aliphatic heterocycles. The largest absolute Gasteiger partial charge is 0.369 e. The van der Waals surface area contributed by atoms with Crippen molar-refractivity contribution >= 4 is 253 Å². The van der Waals surface area contributed by atoms with Crippen LogP contribution in [0.1, 0.15) is 68.2 Å². The van der Waals surface area contributed by atoms with Crippen LogP contribution in [-0.2, 0) is 17.9 Å². The number of pyridine rings is 1. The van der Waals surface area contributed by atoms with Crippen LogP contribution in [0.25, 0.3) is 248 Å². The predicted octanol–water partition coefficient (Wildman–Crippen LogP) is 15.8. The molecule has 6 atom stereocenters. The van der Waals surface area contributed by atoms with Crippen molar-refractivity contribution in [1.29, 1.82) is 0 Å². The maximum Gasteiger partial charge on any atom is 0.170 e. The molecular weight excluding hydrogens is 845 g/mol. The van der Waals surface area contributed by atoms with Crippen molar-refractivity contribution in [2.24, 2.45) is 7.05 Å². The maximum absolute atomic E-state index is 3.01. The highest BCUT2D eigenvalue weighted by molar-refractivity contribution is 6.78. The smallest absolute Gasteiger partial charge is 0.170 e. The van der Waals surface area contributed by atoms with Gasteiger partial charge in [0.25, 0.3) is 0 Å². The second kappa shape index (κ2) is 5.88. The Hall–Kier alpha value is -8.07. The Kier molecular flexibility index (Phi) is 2.19. The van der Waals surface area contributed by atoms with E-state index in [1.54, 1.807) is 248 Å². The number of aryl methyl sites for hydroxylation is 1. The quantitative estimate of drug-likeness (QED) is 0.118. The Labute approximate surface area is 384 Å². The van der Waals surface area contributed by atoms with Crippen LogP contribution in [0.2, 0.25) is 0 Å². The molecule has 34 rings (SSSR count). The third-order valence-electron chi connectivity index (χ3n) is 27.0. The molecule has 24 aromatic carbocycles. The number of rotatable bonds is 1. The SMILES string of the molecule is C[n+]1ccc(N2CC34c5c6c7c8c9c%10c%11c%12c%13c%14c%15c(c%16c%17c%18c%19c%20c(c5c5c%21c6c8c6c%10c8c%10c%11c%11c%13c%13c%14c%16c%18c%14c%13c%13c%11c%10c%10c%11c8c6c%21c6c5c%20c5c%19c%14c%13c%10c5c6%11)C%173)C4(C2)C7C%15C9%12)cc1. The molecule has 25 aromatic rings. The molecule has 2 heterocycles. The van der Waals surface area contributed by atoms with E-state index < -0.39 is 0 Å². The minimum Gasteiger partial charge on any atom is -0.369 e. The fourth-order valence-electron chi connectivity index (χ4n) is 27.1. The Balaban J connectivity index is 1.12. The zero-order valence-electron chi connectivity index (χ0n) is 36.4. The van der Waals surface area contributed by atoms with Crippen molar-refractivity contribution in [3.8, 4) is 0 Å². The van der Waals surface area contributed by atoms with Crippen LogP contribution in [0.15, 0.2) is 24.5 Å². The number of hydrogen-bond donors (Lipinski definition) is 0. The van der Waals surface area contributed by atoms with Crippen LogP contribution >= 0.6 is 0 Å². The van der Waals surface area contributed by atoms with Gasteiger partial charge >= 0.3 is 0 Å². The summed E-state index contributed by atoms with van der Waals surface area (Å²) in [4.78, 5) is 3.01. The van der Waals surface area contributed by atoms with E-state index in [1.165, 1.54) is 5.69 Å². The Morgan fingerprint density at radius 1 is 0.329 bits per heavy atom. The van der Waals surface area contributed by atoms with Gasteiger partial charge in [-0.3, -0.25) is 0 Å². The second-order valence-corrected chi connectivity index (χ2v) is 26.9. The number of anilines is 1. The van der Waals surface area contributed by atoms with Gasteiger partial charge in [0.05, 0.1) is 0 Å². The standard InChI is InChI=1S/C68H15N2/c1-69-4-2-8(3-5-69)70-6-67-63-55-47-37-27-19-11-9-10-13-17-15(11)23-31-25(17)35-29-21(13)22-14(10)18-16-12(9)20(19)28-34-24(16)32-26(18)36-30(22)40-39(29)49-43(35)53-45(31)51(41(47)33(23)27)59(63)61(53)65-57(49)58-50(40)44(36)54-46(32)52-42(34)48(38(28)37)56(55)64(67)60(52)62(54)66(58)68(65,67)7-70/h2-5,47,55,63,66H,6-7H2,1H3/q+1. The highest BCUT2D eigenvalue weighted by Crippen LogP contribution is 2.90. The van der Waals surface area contributed by atoms with E-state index in [0.29, 0.717) is 23.7 Å². The van der Waals surface area contributed by atoms with E-state index in [9.17, 15) is 0 Å². The molecule has 2 spiro atoms. The lowest BCUT2D eigenvalue weighted by atomic mass is 9.43. The lowest BCUT2D eigenvalue weighted by Gasteiger charge is -2.56. The van der Waals surface area contributed by atoms with Crippen molar-refractivity contribution in [1.82, 2.24) is 0 Å². The molecule has 1 fully saturated rings. The van der Waals surface area contributed by atoms with Crippen LogP contribution in [0.5, 0.6) is 0 Å². The Bertz CT molecular complexity index is 7190. The zero-order chi connectivity index (χ0) is 41.5. The third-order valence-corrected chi connectivity index (χ3v) is 27.0. The van der Waals surface area contributed by atoms with E-state index in [-0.39, 0.29) is 10.8 Å². The summed E-state index contributed by atoms with van der Waals surface area (Å²) in [5.41, 5.74) is 16.2. The molecule has 0 bridgehead atoms. The summed E-state index contributed by atoms with van der Waals surface area (Å²) in [5.74, 6) is 1.75. The number of benzene rings is 15. The summed E-state index contributed by atoms with van der Waals surface area (Å²) >= 11 is 0. The molecule has 0 saturated carbocycles. The molecule has 6 unspecified atom stereocenters. The van der Waals surface area contributed by atoms with Crippen molar-refractivity contribution in [2.45, 2.75) is 34.5 Å². The normalized spacial score (nSPS) is 27.8. The maximum atomic E-state index is 3.01. The van der Waals surface area contributed by atoms with E-state index >= 15 is 0 Å². The molecule has 1 saturated heterocycles. The molecule has 0 amide bonds. The number of hydrogen-bond acceptors (Lipinski definition) is 1. The summed E-state index contributed by atoms with van der Waals surface area (Å²) in [7, 11) is 2.21. The molecule has 0 N–H and O–H groups in total. The van der Waals surface area contributed by atoms with Gasteiger partial charge in [-0.05, 0) is 292 Å². The molecule has 2 heteroatoms. The summed E-state index contributed by atoms with van der Waals surface area (Å²) in [6.45, 7) is 2.25. The molecular formula is C68H15N2+. The minimum atomic E-state index is -0.0574. The van der Waals surface area contributed by atoms with Crippen molar-refractivity contribution in [3.05, 3.63) is 69.0 Å². The zero-order valence-corrected chi connectivity index (χ0v) is 36.4. The number of aromatic nitrogens is 1. The Morgan fingerprint density at radius 3 is 1.10 bits per heavy atom. The van der Waals surface area contributed by atoms with Gasteiger partial charge in [0.15, 0.2) is 12.4 Å². The van der Waals surface area contributed by atoms with Crippen LogP contribution in [0.3, 0.4) is 0 Å². The molecule has 70 heavy (non-hydrogen) atoms. The molecule has 8 aliphatic carbocycles. The second-order valence-electron chi connectivity index (χ2n) is 26.9. The van der Waals surface area contributed by atoms with E-state index in [0.717, 1.165) is 13.1 Å². The van der Waals surface area contributed by atoms with Crippen molar-refractivity contribution in [3.63, 3.8) is 0 Å². The van der Waals surface area contributed by atoms with Crippen LogP contribution in [0.4, 0.5) is 5.69 Å². The summed E-state index contributed by atoms with van der Waals surface area (Å²) in [6, 6.07) is 4.98. The lowest BCUT2D eigenvalue weighted by molar-refractivity contribution is -0.671. The first kappa shape index (κ1) is 26.1.